The molecule has 1 aromatic heterocycles. The SMILES string of the molecule is COc1cc(C(=O)O)c(-c2ccccc2)cc1NS(=O)(=O)c1csc(-c2ccc(C3CCC(C)(C)CC3)cc2C(F)(F)F)n1. The summed E-state index contributed by atoms with van der Waals surface area (Å²) in [5.74, 6) is -1.26. The number of hydrogen-bond donors (Lipinski definition) is 2. The molecule has 44 heavy (non-hydrogen) atoms. The van der Waals surface area contributed by atoms with Crippen LogP contribution in [-0.2, 0) is 16.2 Å². The minimum atomic E-state index is -4.67. The number of methoxy groups -OCH3 is 1. The predicted octanol–water partition coefficient (Wildman–Crippen LogP) is 8.69. The molecule has 1 aliphatic carbocycles. The maximum atomic E-state index is 14.3. The first-order valence-corrected chi connectivity index (χ1v) is 16.3. The van der Waals surface area contributed by atoms with Crippen molar-refractivity contribution >= 4 is 33.0 Å². The maximum absolute atomic E-state index is 14.3. The number of sulfonamides is 1. The summed E-state index contributed by atoms with van der Waals surface area (Å²) in [6.07, 6.45) is -1.21. The molecule has 5 rings (SSSR count). The third kappa shape index (κ3) is 6.61. The molecule has 232 valence electrons. The van der Waals surface area contributed by atoms with Gasteiger partial charge in [0.1, 0.15) is 10.8 Å². The highest BCUT2D eigenvalue weighted by molar-refractivity contribution is 7.92. The lowest BCUT2D eigenvalue weighted by atomic mass is 9.71. The molecule has 1 fully saturated rings. The first-order valence-electron chi connectivity index (χ1n) is 13.9. The van der Waals surface area contributed by atoms with E-state index in [9.17, 15) is 31.5 Å². The molecule has 0 radical (unpaired) electrons. The normalized spacial score (nSPS) is 15.6. The van der Waals surface area contributed by atoms with Crippen molar-refractivity contribution in [3.63, 3.8) is 0 Å². The highest BCUT2D eigenvalue weighted by Gasteiger charge is 2.36. The van der Waals surface area contributed by atoms with Crippen molar-refractivity contribution in [1.29, 1.82) is 0 Å². The molecule has 0 aliphatic heterocycles. The van der Waals surface area contributed by atoms with Crippen LogP contribution in [-0.4, -0.2) is 31.6 Å². The summed E-state index contributed by atoms with van der Waals surface area (Å²) in [5, 5.41) is 10.4. The first-order chi connectivity index (χ1) is 20.7. The average Bonchev–Trinajstić information content (AvgIpc) is 3.48. The highest BCUT2D eigenvalue weighted by atomic mass is 32.2. The number of halogens is 3. The second kappa shape index (κ2) is 11.9. The van der Waals surface area contributed by atoms with Crippen LogP contribution >= 0.6 is 11.3 Å². The maximum Gasteiger partial charge on any atom is 0.417 e. The number of aromatic carboxylic acids is 1. The lowest BCUT2D eigenvalue weighted by Gasteiger charge is -2.34. The Morgan fingerprint density at radius 3 is 2.34 bits per heavy atom. The summed E-state index contributed by atoms with van der Waals surface area (Å²) in [6.45, 7) is 4.33. The van der Waals surface area contributed by atoms with Crippen molar-refractivity contribution in [1.82, 2.24) is 4.98 Å². The van der Waals surface area contributed by atoms with Gasteiger partial charge in [-0.15, -0.1) is 11.3 Å². The van der Waals surface area contributed by atoms with Crippen LogP contribution in [0, 0.1) is 5.41 Å². The molecule has 1 aliphatic rings. The van der Waals surface area contributed by atoms with Crippen LogP contribution in [0.1, 0.15) is 66.9 Å². The molecule has 2 N–H and O–H groups in total. The van der Waals surface area contributed by atoms with Gasteiger partial charge in [-0.25, -0.2) is 9.78 Å². The average molecular weight is 645 g/mol. The van der Waals surface area contributed by atoms with Gasteiger partial charge < -0.3 is 9.84 Å². The quantitative estimate of drug-likeness (QED) is 0.199. The van der Waals surface area contributed by atoms with E-state index in [-0.39, 0.29) is 44.5 Å². The summed E-state index contributed by atoms with van der Waals surface area (Å²) >= 11 is 0.789. The molecule has 3 aromatic carbocycles. The van der Waals surface area contributed by atoms with Gasteiger partial charge in [0.05, 0.1) is 23.9 Å². The third-order valence-corrected chi connectivity index (χ3v) is 10.3. The van der Waals surface area contributed by atoms with Crippen molar-refractivity contribution in [2.45, 2.75) is 56.7 Å². The number of benzene rings is 3. The molecule has 4 aromatic rings. The van der Waals surface area contributed by atoms with E-state index in [2.05, 4.69) is 23.6 Å². The number of carboxylic acid groups (broad SMARTS) is 1. The number of hydrogen-bond acceptors (Lipinski definition) is 6. The second-order valence-electron chi connectivity index (χ2n) is 11.6. The van der Waals surface area contributed by atoms with Crippen LogP contribution in [0.25, 0.3) is 21.7 Å². The van der Waals surface area contributed by atoms with Crippen molar-refractivity contribution < 1.29 is 36.2 Å². The fourth-order valence-electron chi connectivity index (χ4n) is 5.53. The van der Waals surface area contributed by atoms with Crippen molar-refractivity contribution in [3.05, 3.63) is 82.7 Å². The van der Waals surface area contributed by atoms with Crippen LogP contribution < -0.4 is 9.46 Å². The van der Waals surface area contributed by atoms with Gasteiger partial charge in [-0.1, -0.05) is 56.3 Å². The smallest absolute Gasteiger partial charge is 0.417 e. The van der Waals surface area contributed by atoms with E-state index >= 15 is 0 Å². The summed E-state index contributed by atoms with van der Waals surface area (Å²) in [4.78, 5) is 16.1. The van der Waals surface area contributed by atoms with Crippen molar-refractivity contribution in [2.24, 2.45) is 5.41 Å². The Morgan fingerprint density at radius 2 is 1.73 bits per heavy atom. The lowest BCUT2D eigenvalue weighted by molar-refractivity contribution is -0.137. The topological polar surface area (TPSA) is 106 Å². The molecule has 12 heteroatoms. The number of nitrogens with one attached hydrogen (secondary N) is 1. The number of ether oxygens (including phenoxy) is 1. The minimum Gasteiger partial charge on any atom is -0.495 e. The summed E-state index contributed by atoms with van der Waals surface area (Å²) in [6, 6.07) is 15.3. The fourth-order valence-corrected chi connectivity index (χ4v) is 7.73. The van der Waals surface area contributed by atoms with Gasteiger partial charge in [0.15, 0.2) is 5.03 Å². The first kappa shape index (κ1) is 31.5. The van der Waals surface area contributed by atoms with Crippen molar-refractivity contribution in [3.8, 4) is 27.4 Å². The summed E-state index contributed by atoms with van der Waals surface area (Å²) in [5.41, 5.74) is 0.354. The number of carboxylic acids is 1. The van der Waals surface area contributed by atoms with Gasteiger partial charge in [-0.2, -0.15) is 21.6 Å². The predicted molar refractivity (Wildman–Crippen MR) is 164 cm³/mol. The zero-order chi connectivity index (χ0) is 31.9. The number of rotatable bonds is 8. The van der Waals surface area contributed by atoms with E-state index in [0.29, 0.717) is 11.1 Å². The number of aromatic nitrogens is 1. The van der Waals surface area contributed by atoms with Gasteiger partial charge in [-0.05, 0) is 71.9 Å². The van der Waals surface area contributed by atoms with Gasteiger partial charge in [0.25, 0.3) is 10.0 Å². The number of nitrogens with zero attached hydrogens (tertiary/aromatic N) is 1. The van der Waals surface area contributed by atoms with E-state index in [1.165, 1.54) is 36.8 Å². The molecule has 0 amide bonds. The van der Waals surface area contributed by atoms with Crippen LogP contribution in [0.4, 0.5) is 18.9 Å². The number of carbonyl (C=O) groups is 1. The molecule has 0 unspecified atom stereocenters. The standard InChI is InChI=1S/C32H31F3N2O5S2/c1-31(2)13-11-19(12-14-31)21-9-10-22(25(15-21)32(33,34)35)29-36-28(18-43-29)44(40,41)37-26-16-23(20-7-5-4-6-8-20)24(30(38)39)17-27(26)42-3/h4-10,15-19,37H,11-14H2,1-3H3,(H,38,39). The Morgan fingerprint density at radius 1 is 1.05 bits per heavy atom. The Bertz CT molecular complexity index is 1790. The van der Waals surface area contributed by atoms with E-state index in [4.69, 9.17) is 4.74 Å². The Labute approximate surface area is 257 Å². The van der Waals surface area contributed by atoms with Crippen LogP contribution in [0.5, 0.6) is 5.75 Å². The molecule has 0 atom stereocenters. The molecule has 1 saturated carbocycles. The van der Waals surface area contributed by atoms with Gasteiger partial charge >= 0.3 is 12.1 Å². The van der Waals surface area contributed by atoms with E-state index in [1.807, 2.05) is 0 Å². The third-order valence-electron chi connectivity index (χ3n) is 8.05. The van der Waals surface area contributed by atoms with Crippen LogP contribution in [0.3, 0.4) is 0 Å². The van der Waals surface area contributed by atoms with Crippen LogP contribution in [0.15, 0.2) is 71.1 Å². The van der Waals surface area contributed by atoms with Gasteiger partial charge in [-0.3, -0.25) is 4.72 Å². The van der Waals surface area contributed by atoms with Crippen molar-refractivity contribution in [2.75, 3.05) is 11.8 Å². The van der Waals surface area contributed by atoms with Crippen LogP contribution in [0.2, 0.25) is 0 Å². The fraction of sp³-hybridized carbons (Fsp3) is 0.312. The zero-order valence-electron chi connectivity index (χ0n) is 24.2. The molecule has 0 spiro atoms. The summed E-state index contributed by atoms with van der Waals surface area (Å²) in [7, 11) is -3.15. The summed E-state index contributed by atoms with van der Waals surface area (Å²) < 4.78 is 77.3. The molecular formula is C32H31F3N2O5S2. The molecular weight excluding hydrogens is 613 g/mol. The molecule has 0 bridgehead atoms. The molecule has 1 heterocycles. The zero-order valence-corrected chi connectivity index (χ0v) is 25.9. The number of alkyl halides is 3. The Hall–Kier alpha value is -3.90. The monoisotopic (exact) mass is 644 g/mol. The Kier molecular flexibility index (Phi) is 8.52. The van der Waals surface area contributed by atoms with Gasteiger partial charge in [0, 0.05) is 10.9 Å². The number of thiazole rings is 1. The minimum absolute atomic E-state index is 0.0258. The van der Waals surface area contributed by atoms with Gasteiger partial charge in [0.2, 0.25) is 0 Å². The largest absolute Gasteiger partial charge is 0.495 e. The second-order valence-corrected chi connectivity index (χ2v) is 14.1. The lowest BCUT2D eigenvalue weighted by Crippen LogP contribution is -2.20. The van der Waals surface area contributed by atoms with E-state index in [1.54, 1.807) is 36.4 Å². The number of anilines is 1. The Balaban J connectivity index is 1.48. The molecule has 0 saturated heterocycles. The highest BCUT2D eigenvalue weighted by Crippen LogP contribution is 2.45. The van der Waals surface area contributed by atoms with E-state index < -0.39 is 32.8 Å². The molecule has 7 nitrogen and oxygen atoms in total. The van der Waals surface area contributed by atoms with E-state index in [0.717, 1.165) is 37.0 Å².